The molecule has 2 rings (SSSR count). The van der Waals surface area contributed by atoms with Crippen molar-refractivity contribution in [2.45, 2.75) is 0 Å². The minimum atomic E-state index is -1.06. The highest BCUT2D eigenvalue weighted by molar-refractivity contribution is 5.91. The van der Waals surface area contributed by atoms with E-state index in [1.165, 1.54) is 24.3 Å². The van der Waals surface area contributed by atoms with E-state index >= 15 is 0 Å². The summed E-state index contributed by atoms with van der Waals surface area (Å²) in [5.41, 5.74) is 0.498. The number of aromatic carboxylic acids is 3. The van der Waals surface area contributed by atoms with E-state index in [2.05, 4.69) is 0 Å². The van der Waals surface area contributed by atoms with Gasteiger partial charge < -0.3 is 15.3 Å². The van der Waals surface area contributed by atoms with E-state index in [9.17, 15) is 14.4 Å². The predicted molar refractivity (Wildman–Crippen MR) is 73.8 cm³/mol. The van der Waals surface area contributed by atoms with Gasteiger partial charge in [0.05, 0.1) is 16.7 Å². The van der Waals surface area contributed by atoms with Gasteiger partial charge >= 0.3 is 17.9 Å². The molecule has 6 nitrogen and oxygen atoms in total. The lowest BCUT2D eigenvalue weighted by atomic mass is 10.1. The Morgan fingerprint density at radius 1 is 0.524 bits per heavy atom. The summed E-state index contributed by atoms with van der Waals surface area (Å²) in [7, 11) is 0. The first-order chi connectivity index (χ1) is 9.91. The summed E-state index contributed by atoms with van der Waals surface area (Å²) in [6.07, 6.45) is 0. The normalized spacial score (nSPS) is 9.14. The smallest absolute Gasteiger partial charge is 0.335 e. The molecule has 108 valence electrons. The molecule has 0 saturated heterocycles. The standard InChI is InChI=1S/C8H6O4.C7H6O2/c9-7(10)5-1-2-6(4-3-5)8(11)12;8-7(9)6-4-2-1-3-5-6/h1-4H,(H,9,10)(H,11,12);1-5H,(H,8,9). The molecule has 0 aliphatic heterocycles. The van der Waals surface area contributed by atoms with Gasteiger partial charge in [-0.15, -0.1) is 0 Å². The molecule has 0 heterocycles. The fraction of sp³-hybridized carbons (Fsp3) is 0. The molecule has 0 fully saturated rings. The average Bonchev–Trinajstić information content (AvgIpc) is 2.49. The molecule has 0 bridgehead atoms. The number of hydrogen-bond acceptors (Lipinski definition) is 3. The van der Waals surface area contributed by atoms with E-state index in [0.717, 1.165) is 0 Å². The second-order valence-corrected chi connectivity index (χ2v) is 3.86. The number of carbonyl (C=O) groups is 3. The Morgan fingerprint density at radius 3 is 1.05 bits per heavy atom. The fourth-order valence-corrected chi connectivity index (χ4v) is 1.34. The maximum Gasteiger partial charge on any atom is 0.335 e. The van der Waals surface area contributed by atoms with Gasteiger partial charge in [-0.2, -0.15) is 0 Å². The van der Waals surface area contributed by atoms with Crippen LogP contribution in [0, 0.1) is 0 Å². The van der Waals surface area contributed by atoms with Crippen molar-refractivity contribution < 1.29 is 29.7 Å². The van der Waals surface area contributed by atoms with Gasteiger partial charge in [0, 0.05) is 0 Å². The Hall–Kier alpha value is -3.15. The van der Waals surface area contributed by atoms with Crippen LogP contribution in [0.25, 0.3) is 0 Å². The van der Waals surface area contributed by atoms with Crippen molar-refractivity contribution in [3.63, 3.8) is 0 Å². The zero-order valence-corrected chi connectivity index (χ0v) is 10.8. The fourth-order valence-electron chi connectivity index (χ4n) is 1.34. The lowest BCUT2D eigenvalue weighted by molar-refractivity contribution is 0.0681. The first-order valence-corrected chi connectivity index (χ1v) is 5.77. The molecular formula is C15H12O6. The minimum absolute atomic E-state index is 0.0833. The van der Waals surface area contributed by atoms with Crippen molar-refractivity contribution in [1.82, 2.24) is 0 Å². The molecule has 0 atom stereocenters. The second kappa shape index (κ2) is 7.44. The van der Waals surface area contributed by atoms with Crippen molar-refractivity contribution in [1.29, 1.82) is 0 Å². The Labute approximate surface area is 119 Å². The Bertz CT molecular complexity index is 598. The number of carboxylic acids is 3. The Balaban J connectivity index is 0.000000219. The molecule has 2 aromatic carbocycles. The zero-order chi connectivity index (χ0) is 15.8. The number of hydrogen-bond donors (Lipinski definition) is 3. The van der Waals surface area contributed by atoms with Gasteiger partial charge in [-0.3, -0.25) is 0 Å². The van der Waals surface area contributed by atoms with Gasteiger partial charge in [0.15, 0.2) is 0 Å². The summed E-state index contributed by atoms with van der Waals surface area (Å²) in [4.78, 5) is 30.9. The van der Waals surface area contributed by atoms with Crippen molar-refractivity contribution in [2.75, 3.05) is 0 Å². The Kier molecular flexibility index (Phi) is 5.64. The van der Waals surface area contributed by atoms with E-state index in [-0.39, 0.29) is 11.1 Å². The van der Waals surface area contributed by atoms with Gasteiger partial charge in [-0.25, -0.2) is 14.4 Å². The maximum absolute atomic E-state index is 10.3. The third-order valence-corrected chi connectivity index (χ3v) is 2.40. The van der Waals surface area contributed by atoms with Crippen LogP contribution in [0.1, 0.15) is 31.1 Å². The van der Waals surface area contributed by atoms with Crippen LogP contribution in [-0.4, -0.2) is 33.2 Å². The highest BCUT2D eigenvalue weighted by Gasteiger charge is 2.04. The van der Waals surface area contributed by atoms with Crippen LogP contribution < -0.4 is 0 Å². The first-order valence-electron chi connectivity index (χ1n) is 5.77. The third-order valence-electron chi connectivity index (χ3n) is 2.40. The van der Waals surface area contributed by atoms with Crippen LogP contribution in [0.3, 0.4) is 0 Å². The molecule has 0 aliphatic carbocycles. The van der Waals surface area contributed by atoms with Crippen LogP contribution in [0.15, 0.2) is 54.6 Å². The predicted octanol–water partition coefficient (Wildman–Crippen LogP) is 2.47. The van der Waals surface area contributed by atoms with Gasteiger partial charge in [-0.1, -0.05) is 18.2 Å². The van der Waals surface area contributed by atoms with Crippen LogP contribution in [0.5, 0.6) is 0 Å². The van der Waals surface area contributed by atoms with E-state index in [4.69, 9.17) is 15.3 Å². The lowest BCUT2D eigenvalue weighted by Crippen LogP contribution is -1.99. The topological polar surface area (TPSA) is 112 Å². The number of benzene rings is 2. The summed E-state index contributed by atoms with van der Waals surface area (Å²) in [5, 5.41) is 25.3. The molecule has 2 aromatic rings. The summed E-state index contributed by atoms with van der Waals surface area (Å²) in [6, 6.07) is 13.3. The van der Waals surface area contributed by atoms with Gasteiger partial charge in [-0.05, 0) is 36.4 Å². The quantitative estimate of drug-likeness (QED) is 0.799. The van der Waals surface area contributed by atoms with Crippen molar-refractivity contribution >= 4 is 17.9 Å². The molecule has 21 heavy (non-hydrogen) atoms. The summed E-state index contributed by atoms with van der Waals surface area (Å²) >= 11 is 0. The van der Waals surface area contributed by atoms with E-state index in [1.54, 1.807) is 30.3 Å². The van der Waals surface area contributed by atoms with Crippen LogP contribution in [0.4, 0.5) is 0 Å². The van der Waals surface area contributed by atoms with Gasteiger partial charge in [0.25, 0.3) is 0 Å². The van der Waals surface area contributed by atoms with E-state index in [1.807, 2.05) is 0 Å². The van der Waals surface area contributed by atoms with Crippen molar-refractivity contribution in [3.8, 4) is 0 Å². The second-order valence-electron chi connectivity index (χ2n) is 3.86. The largest absolute Gasteiger partial charge is 0.478 e. The molecule has 0 radical (unpaired) electrons. The van der Waals surface area contributed by atoms with Crippen molar-refractivity contribution in [3.05, 3.63) is 71.3 Å². The molecule has 3 N–H and O–H groups in total. The molecule has 0 unspecified atom stereocenters. The number of carboxylic acid groups (broad SMARTS) is 3. The number of rotatable bonds is 3. The lowest BCUT2D eigenvalue weighted by Gasteiger charge is -1.94. The van der Waals surface area contributed by atoms with Crippen LogP contribution >= 0.6 is 0 Å². The van der Waals surface area contributed by atoms with Crippen LogP contribution in [-0.2, 0) is 0 Å². The summed E-state index contributed by atoms with van der Waals surface area (Å²) in [5.74, 6) is -3.01. The SMILES string of the molecule is O=C(O)c1ccc(C(=O)O)cc1.O=C(O)c1ccccc1. The van der Waals surface area contributed by atoms with Gasteiger partial charge in [0.1, 0.15) is 0 Å². The molecule has 0 aromatic heterocycles. The Morgan fingerprint density at radius 2 is 0.810 bits per heavy atom. The molecule has 6 heteroatoms. The van der Waals surface area contributed by atoms with Crippen molar-refractivity contribution in [2.24, 2.45) is 0 Å². The monoisotopic (exact) mass is 288 g/mol. The zero-order valence-electron chi connectivity index (χ0n) is 10.8. The highest BCUT2D eigenvalue weighted by atomic mass is 16.4. The third kappa shape index (κ3) is 5.15. The average molecular weight is 288 g/mol. The highest BCUT2D eigenvalue weighted by Crippen LogP contribution is 2.03. The molecule has 0 amide bonds. The molecule has 0 aliphatic rings. The first kappa shape index (κ1) is 15.9. The van der Waals surface area contributed by atoms with E-state index in [0.29, 0.717) is 5.56 Å². The molecule has 0 spiro atoms. The summed E-state index contributed by atoms with van der Waals surface area (Å²) in [6.45, 7) is 0. The summed E-state index contributed by atoms with van der Waals surface area (Å²) < 4.78 is 0. The molecular weight excluding hydrogens is 276 g/mol. The molecule has 0 saturated carbocycles. The maximum atomic E-state index is 10.3. The van der Waals surface area contributed by atoms with E-state index < -0.39 is 17.9 Å². The minimum Gasteiger partial charge on any atom is -0.478 e. The van der Waals surface area contributed by atoms with Gasteiger partial charge in [0.2, 0.25) is 0 Å². The van der Waals surface area contributed by atoms with Crippen LogP contribution in [0.2, 0.25) is 0 Å².